The van der Waals surface area contributed by atoms with Gasteiger partial charge < -0.3 is 19.7 Å². The Kier molecular flexibility index (Phi) is 5.95. The van der Waals surface area contributed by atoms with Gasteiger partial charge in [0.15, 0.2) is 0 Å². The van der Waals surface area contributed by atoms with Crippen LogP contribution in [0, 0.1) is 0 Å². The standard InChI is InChI=1S/C18H28N4O3Si/c1-26(2,3)12-11-24-14-22-13-15-16(20-22)5-4-6-17(15)25-18(23)21-9-7-19-8-10-21/h4-6,13,19H,7-12,14H2,1-3H3. The first-order valence-corrected chi connectivity index (χ1v) is 12.8. The second-order valence-corrected chi connectivity index (χ2v) is 13.4. The van der Waals surface area contributed by atoms with E-state index in [1.807, 2.05) is 18.3 Å². The Balaban J connectivity index is 1.64. The smallest absolute Gasteiger partial charge is 0.409 e. The van der Waals surface area contributed by atoms with E-state index in [2.05, 4.69) is 30.1 Å². The van der Waals surface area contributed by atoms with Crippen molar-refractivity contribution in [2.24, 2.45) is 0 Å². The fourth-order valence-corrected chi connectivity index (χ4v) is 3.52. The van der Waals surface area contributed by atoms with Gasteiger partial charge in [-0.25, -0.2) is 9.48 Å². The van der Waals surface area contributed by atoms with Gasteiger partial charge in [-0.05, 0) is 18.2 Å². The highest BCUT2D eigenvalue weighted by atomic mass is 28.3. The van der Waals surface area contributed by atoms with Gasteiger partial charge in [-0.2, -0.15) is 5.10 Å². The summed E-state index contributed by atoms with van der Waals surface area (Å²) in [4.78, 5) is 14.1. The molecule has 1 aliphatic heterocycles. The van der Waals surface area contributed by atoms with Crippen LogP contribution >= 0.6 is 0 Å². The van der Waals surface area contributed by atoms with Gasteiger partial charge in [-0.1, -0.05) is 25.7 Å². The Morgan fingerprint density at radius 3 is 2.77 bits per heavy atom. The topological polar surface area (TPSA) is 68.6 Å². The zero-order valence-electron chi connectivity index (χ0n) is 15.8. The van der Waals surface area contributed by atoms with Crippen molar-refractivity contribution in [1.82, 2.24) is 20.0 Å². The van der Waals surface area contributed by atoms with Gasteiger partial charge in [-0.15, -0.1) is 0 Å². The fraction of sp³-hybridized carbons (Fsp3) is 0.556. The van der Waals surface area contributed by atoms with Crippen molar-refractivity contribution in [2.45, 2.75) is 32.4 Å². The van der Waals surface area contributed by atoms with Crippen molar-refractivity contribution < 1.29 is 14.3 Å². The number of benzene rings is 1. The lowest BCUT2D eigenvalue weighted by Gasteiger charge is -2.26. The molecule has 0 unspecified atom stereocenters. The minimum atomic E-state index is -1.09. The molecular formula is C18H28N4O3Si. The molecule has 7 nitrogen and oxygen atoms in total. The van der Waals surface area contributed by atoms with Crippen LogP contribution in [0.15, 0.2) is 24.4 Å². The van der Waals surface area contributed by atoms with Crippen LogP contribution in [0.4, 0.5) is 4.79 Å². The average molecular weight is 377 g/mol. The third-order valence-electron chi connectivity index (χ3n) is 4.35. The summed E-state index contributed by atoms with van der Waals surface area (Å²) in [5, 5.41) is 8.56. The van der Waals surface area contributed by atoms with Crippen LogP contribution in [0.2, 0.25) is 25.7 Å². The highest BCUT2D eigenvalue weighted by molar-refractivity contribution is 6.76. The van der Waals surface area contributed by atoms with Crippen molar-refractivity contribution in [3.8, 4) is 5.75 Å². The number of nitrogens with zero attached hydrogens (tertiary/aromatic N) is 3. The molecule has 0 atom stereocenters. The van der Waals surface area contributed by atoms with E-state index >= 15 is 0 Å². The van der Waals surface area contributed by atoms with Crippen LogP contribution in [0.1, 0.15) is 0 Å². The van der Waals surface area contributed by atoms with Gasteiger partial charge in [0.25, 0.3) is 0 Å². The SMILES string of the molecule is C[Si](C)(C)CCOCn1cc2c(OC(=O)N3CCNCC3)cccc2n1. The van der Waals surface area contributed by atoms with E-state index < -0.39 is 8.07 Å². The summed E-state index contributed by atoms with van der Waals surface area (Å²) in [6.07, 6.45) is 1.57. The number of carbonyl (C=O) groups is 1. The Morgan fingerprint density at radius 2 is 2.04 bits per heavy atom. The summed E-state index contributed by atoms with van der Waals surface area (Å²) < 4.78 is 13.1. The van der Waals surface area contributed by atoms with Crippen molar-refractivity contribution in [2.75, 3.05) is 32.8 Å². The van der Waals surface area contributed by atoms with E-state index in [-0.39, 0.29) is 6.09 Å². The molecule has 0 bridgehead atoms. The molecule has 0 saturated carbocycles. The molecule has 1 amide bonds. The van der Waals surface area contributed by atoms with Crippen molar-refractivity contribution in [1.29, 1.82) is 0 Å². The predicted molar refractivity (Wildman–Crippen MR) is 104 cm³/mol. The lowest BCUT2D eigenvalue weighted by Crippen LogP contribution is -2.47. The number of piperazine rings is 1. The van der Waals surface area contributed by atoms with Crippen LogP contribution in [-0.2, 0) is 11.5 Å². The van der Waals surface area contributed by atoms with E-state index in [1.165, 1.54) is 0 Å². The molecule has 1 fully saturated rings. The lowest BCUT2D eigenvalue weighted by atomic mass is 10.2. The summed E-state index contributed by atoms with van der Waals surface area (Å²) in [6.45, 7) is 11.1. The maximum Gasteiger partial charge on any atom is 0.415 e. The van der Waals surface area contributed by atoms with Crippen LogP contribution in [-0.4, -0.2) is 61.6 Å². The largest absolute Gasteiger partial charge is 0.415 e. The molecule has 2 aromatic rings. The summed E-state index contributed by atoms with van der Waals surface area (Å²) in [5.41, 5.74) is 0.796. The van der Waals surface area contributed by atoms with Crippen molar-refractivity contribution in [3.63, 3.8) is 0 Å². The van der Waals surface area contributed by atoms with Gasteiger partial charge in [0, 0.05) is 47.1 Å². The predicted octanol–water partition coefficient (Wildman–Crippen LogP) is 2.75. The highest BCUT2D eigenvalue weighted by Crippen LogP contribution is 2.25. The van der Waals surface area contributed by atoms with Crippen LogP contribution in [0.25, 0.3) is 10.9 Å². The van der Waals surface area contributed by atoms with Crippen LogP contribution in [0.5, 0.6) is 5.75 Å². The minimum absolute atomic E-state index is 0.307. The molecule has 1 N–H and O–H groups in total. The number of amides is 1. The van der Waals surface area contributed by atoms with Crippen LogP contribution < -0.4 is 10.1 Å². The third-order valence-corrected chi connectivity index (χ3v) is 6.05. The van der Waals surface area contributed by atoms with Gasteiger partial charge in [0.1, 0.15) is 12.5 Å². The number of rotatable bonds is 6. The second kappa shape index (κ2) is 8.19. The monoisotopic (exact) mass is 376 g/mol. The number of nitrogens with one attached hydrogen (secondary N) is 1. The Labute approximate surface area is 155 Å². The van der Waals surface area contributed by atoms with Crippen molar-refractivity contribution >= 4 is 25.1 Å². The normalized spacial score (nSPS) is 15.4. The second-order valence-electron chi connectivity index (χ2n) is 7.81. The molecule has 1 aromatic carbocycles. The summed E-state index contributed by atoms with van der Waals surface area (Å²) >= 11 is 0. The molecule has 0 radical (unpaired) electrons. The molecule has 1 aromatic heterocycles. The fourth-order valence-electron chi connectivity index (χ4n) is 2.76. The first kappa shape index (κ1) is 18.9. The maximum atomic E-state index is 12.4. The molecule has 142 valence electrons. The average Bonchev–Trinajstić information content (AvgIpc) is 3.03. The Morgan fingerprint density at radius 1 is 1.27 bits per heavy atom. The molecular weight excluding hydrogens is 348 g/mol. The molecule has 1 aliphatic rings. The van der Waals surface area contributed by atoms with Crippen LogP contribution in [0.3, 0.4) is 0 Å². The number of ether oxygens (including phenoxy) is 2. The van der Waals surface area contributed by atoms with E-state index in [0.29, 0.717) is 25.6 Å². The molecule has 3 rings (SSSR count). The lowest BCUT2D eigenvalue weighted by molar-refractivity contribution is 0.0791. The zero-order valence-corrected chi connectivity index (χ0v) is 16.8. The molecule has 0 aliphatic carbocycles. The molecule has 26 heavy (non-hydrogen) atoms. The van der Waals surface area contributed by atoms with E-state index in [0.717, 1.165) is 36.6 Å². The van der Waals surface area contributed by atoms with Gasteiger partial charge in [-0.3, -0.25) is 0 Å². The molecule has 1 saturated heterocycles. The first-order valence-electron chi connectivity index (χ1n) is 9.14. The summed E-state index contributed by atoms with van der Waals surface area (Å²) in [7, 11) is -1.09. The quantitative estimate of drug-likeness (QED) is 0.620. The van der Waals surface area contributed by atoms with Gasteiger partial charge in [0.2, 0.25) is 0 Å². The maximum absolute atomic E-state index is 12.4. The van der Waals surface area contributed by atoms with Gasteiger partial charge in [0.05, 0.1) is 10.9 Å². The number of hydrogen-bond donors (Lipinski definition) is 1. The van der Waals surface area contributed by atoms with E-state index in [9.17, 15) is 4.79 Å². The number of aromatic nitrogens is 2. The highest BCUT2D eigenvalue weighted by Gasteiger charge is 2.19. The number of hydrogen-bond acceptors (Lipinski definition) is 5. The number of fused-ring (bicyclic) bond motifs is 1. The third kappa shape index (κ3) is 5.06. The zero-order chi connectivity index (χ0) is 18.6. The van der Waals surface area contributed by atoms with E-state index in [1.54, 1.807) is 15.6 Å². The summed E-state index contributed by atoms with van der Waals surface area (Å²) in [6, 6.07) is 6.70. The molecule has 0 spiro atoms. The molecule has 2 heterocycles. The Bertz CT molecular complexity index is 750. The molecule has 8 heteroatoms. The minimum Gasteiger partial charge on any atom is -0.409 e. The Hall–Kier alpha value is -1.90. The summed E-state index contributed by atoms with van der Waals surface area (Å²) in [5.74, 6) is 0.541. The van der Waals surface area contributed by atoms with Gasteiger partial charge >= 0.3 is 6.09 Å². The van der Waals surface area contributed by atoms with Crippen molar-refractivity contribution in [3.05, 3.63) is 24.4 Å². The first-order chi connectivity index (χ1) is 12.4. The van der Waals surface area contributed by atoms with E-state index in [4.69, 9.17) is 9.47 Å². The number of carbonyl (C=O) groups excluding carboxylic acids is 1.